The van der Waals surface area contributed by atoms with E-state index >= 15 is 0 Å². The third kappa shape index (κ3) is 14.7. The minimum absolute atomic E-state index is 0.0699. The second kappa shape index (κ2) is 24.0. The smallest absolute Gasteiger partial charge is 0.416 e. The molecule has 1 saturated heterocycles. The summed E-state index contributed by atoms with van der Waals surface area (Å²) in [6.07, 6.45) is -2.46. The molecule has 1 N–H and O–H groups in total. The molecule has 4 aromatic carbocycles. The number of ether oxygens (including phenoxy) is 7. The summed E-state index contributed by atoms with van der Waals surface area (Å²) in [5, 5.41) is 11.4. The molecule has 0 unspecified atom stereocenters. The van der Waals surface area contributed by atoms with E-state index in [1.54, 1.807) is 25.3 Å². The molecule has 1 aliphatic rings. The van der Waals surface area contributed by atoms with E-state index in [-0.39, 0.29) is 17.4 Å². The lowest BCUT2D eigenvalue weighted by atomic mass is 9.87. The Kier molecular flexibility index (Phi) is 18.6. The SMILES string of the molecule is COCCOCCOCCOCCOCCOCCOCCC(=O)N1CCC(c2ccc(-c3cc(C(=O)O)cc4cc(-c5ccc(C(F)(F)F)cc5)ccc34)cc2)CC1. The molecule has 0 bridgehead atoms. The van der Waals surface area contributed by atoms with Gasteiger partial charge in [0, 0.05) is 20.2 Å². The number of likely N-dealkylation sites (tertiary alicyclic amines) is 1. The van der Waals surface area contributed by atoms with Gasteiger partial charge in [0.15, 0.2) is 0 Å². The van der Waals surface area contributed by atoms with Crippen LogP contribution in [0.3, 0.4) is 0 Å². The van der Waals surface area contributed by atoms with Crippen molar-refractivity contribution in [2.45, 2.75) is 31.4 Å². The lowest BCUT2D eigenvalue weighted by molar-refractivity contribution is -0.137. The Bertz CT molecular complexity index is 1880. The average Bonchev–Trinajstić information content (AvgIpc) is 3.25. The number of halogens is 3. The molecule has 14 heteroatoms. The molecule has 0 radical (unpaired) electrons. The Hall–Kier alpha value is -4.41. The van der Waals surface area contributed by atoms with Crippen molar-refractivity contribution < 1.29 is 61.0 Å². The number of hydrogen-bond donors (Lipinski definition) is 1. The number of amides is 1. The fraction of sp³-hybridized carbons (Fsp3) is 0.467. The highest BCUT2D eigenvalue weighted by molar-refractivity contribution is 6.04. The fourth-order valence-electron chi connectivity index (χ4n) is 6.82. The van der Waals surface area contributed by atoms with Crippen molar-refractivity contribution in [2.75, 3.05) is 106 Å². The van der Waals surface area contributed by atoms with E-state index in [2.05, 4.69) is 12.1 Å². The van der Waals surface area contributed by atoms with Crippen molar-refractivity contribution in [1.29, 1.82) is 0 Å². The molecule has 0 atom stereocenters. The highest BCUT2D eigenvalue weighted by Crippen LogP contribution is 2.36. The van der Waals surface area contributed by atoms with E-state index < -0.39 is 17.7 Å². The summed E-state index contributed by atoms with van der Waals surface area (Å²) in [5.41, 5.74) is 3.43. The first-order chi connectivity index (χ1) is 28.6. The van der Waals surface area contributed by atoms with Crippen molar-refractivity contribution in [2.24, 2.45) is 0 Å². The number of benzene rings is 4. The van der Waals surface area contributed by atoms with E-state index in [4.69, 9.17) is 33.2 Å². The lowest BCUT2D eigenvalue weighted by Gasteiger charge is -2.32. The number of carboxylic acid groups (broad SMARTS) is 1. The number of aromatic carboxylic acids is 1. The Morgan fingerprint density at radius 3 is 1.63 bits per heavy atom. The monoisotopic (exact) mass is 825 g/mol. The zero-order valence-corrected chi connectivity index (χ0v) is 33.5. The zero-order valence-electron chi connectivity index (χ0n) is 33.5. The molecule has 59 heavy (non-hydrogen) atoms. The summed E-state index contributed by atoms with van der Waals surface area (Å²) < 4.78 is 77.0. The first-order valence-corrected chi connectivity index (χ1v) is 20.0. The maximum atomic E-state index is 13.1. The topological polar surface area (TPSA) is 122 Å². The summed E-state index contributed by atoms with van der Waals surface area (Å²) in [6, 6.07) is 21.8. The van der Waals surface area contributed by atoms with Crippen molar-refractivity contribution in [3.05, 3.63) is 95.6 Å². The maximum absolute atomic E-state index is 13.1. The van der Waals surface area contributed by atoms with Crippen LogP contribution in [0.2, 0.25) is 0 Å². The fourth-order valence-corrected chi connectivity index (χ4v) is 6.82. The number of carbonyl (C=O) groups excluding carboxylic acids is 1. The third-order valence-electron chi connectivity index (χ3n) is 10.0. The average molecular weight is 826 g/mol. The van der Waals surface area contributed by atoms with Crippen LogP contribution >= 0.6 is 0 Å². The zero-order chi connectivity index (χ0) is 41.9. The highest BCUT2D eigenvalue weighted by Gasteiger charge is 2.30. The summed E-state index contributed by atoms with van der Waals surface area (Å²) in [7, 11) is 1.63. The molecule has 5 rings (SSSR count). The van der Waals surface area contributed by atoms with Crippen LogP contribution in [0.4, 0.5) is 13.2 Å². The molecular formula is C45H54F3NO10. The van der Waals surface area contributed by atoms with Gasteiger partial charge in [-0.3, -0.25) is 4.79 Å². The molecule has 4 aromatic rings. The van der Waals surface area contributed by atoms with Gasteiger partial charge in [-0.25, -0.2) is 4.79 Å². The van der Waals surface area contributed by atoms with Crippen molar-refractivity contribution >= 4 is 22.6 Å². The van der Waals surface area contributed by atoms with E-state index in [1.807, 2.05) is 29.2 Å². The number of methoxy groups -OCH3 is 1. The number of alkyl halides is 3. The third-order valence-corrected chi connectivity index (χ3v) is 10.0. The number of rotatable bonds is 25. The van der Waals surface area contributed by atoms with Gasteiger partial charge in [0.25, 0.3) is 0 Å². The minimum Gasteiger partial charge on any atom is -0.478 e. The molecule has 1 heterocycles. The van der Waals surface area contributed by atoms with Gasteiger partial charge in [0.2, 0.25) is 5.91 Å². The van der Waals surface area contributed by atoms with E-state index in [0.29, 0.717) is 122 Å². The van der Waals surface area contributed by atoms with Crippen LogP contribution in [0.15, 0.2) is 78.9 Å². The van der Waals surface area contributed by atoms with E-state index in [9.17, 15) is 27.9 Å². The number of hydrogen-bond acceptors (Lipinski definition) is 9. The maximum Gasteiger partial charge on any atom is 0.416 e. The van der Waals surface area contributed by atoms with Crippen LogP contribution < -0.4 is 0 Å². The van der Waals surface area contributed by atoms with Crippen molar-refractivity contribution in [1.82, 2.24) is 4.90 Å². The Balaban J connectivity index is 0.971. The second-order valence-electron chi connectivity index (χ2n) is 14.0. The van der Waals surface area contributed by atoms with Crippen LogP contribution in [0.5, 0.6) is 0 Å². The van der Waals surface area contributed by atoms with Gasteiger partial charge in [0.05, 0.1) is 103 Å². The molecule has 1 fully saturated rings. The number of piperidine rings is 1. The number of fused-ring (bicyclic) bond motifs is 1. The van der Waals surface area contributed by atoms with E-state index in [1.165, 1.54) is 12.1 Å². The van der Waals surface area contributed by atoms with Gasteiger partial charge in [-0.1, -0.05) is 48.5 Å². The summed E-state index contributed by atoms with van der Waals surface area (Å²) >= 11 is 0. The Morgan fingerprint density at radius 1 is 0.627 bits per heavy atom. The predicted octanol–water partition coefficient (Wildman–Crippen LogP) is 7.73. The quantitative estimate of drug-likeness (QED) is 0.0665. The molecule has 1 amide bonds. The van der Waals surface area contributed by atoms with Crippen LogP contribution in [0.25, 0.3) is 33.0 Å². The van der Waals surface area contributed by atoms with Crippen LogP contribution in [0, 0.1) is 0 Å². The van der Waals surface area contributed by atoms with E-state index in [0.717, 1.165) is 47.1 Å². The number of carbonyl (C=O) groups is 2. The van der Waals surface area contributed by atoms with Crippen molar-refractivity contribution in [3.8, 4) is 22.3 Å². The number of carboxylic acids is 1. The number of nitrogens with zero attached hydrogens (tertiary/aromatic N) is 1. The summed E-state index contributed by atoms with van der Waals surface area (Å²) in [4.78, 5) is 26.8. The second-order valence-corrected chi connectivity index (χ2v) is 14.0. The Morgan fingerprint density at radius 2 is 1.12 bits per heavy atom. The normalized spacial score (nSPS) is 13.7. The molecule has 0 spiro atoms. The van der Waals surface area contributed by atoms with Crippen LogP contribution in [0.1, 0.15) is 46.7 Å². The minimum atomic E-state index is -4.43. The highest BCUT2D eigenvalue weighted by atomic mass is 19.4. The molecule has 0 saturated carbocycles. The molecule has 0 aliphatic carbocycles. The summed E-state index contributed by atoms with van der Waals surface area (Å²) in [6.45, 7) is 7.47. The molecule has 320 valence electrons. The first kappa shape index (κ1) is 45.7. The largest absolute Gasteiger partial charge is 0.478 e. The van der Waals surface area contributed by atoms with Gasteiger partial charge < -0.3 is 43.2 Å². The molecular weight excluding hydrogens is 771 g/mol. The lowest BCUT2D eigenvalue weighted by Crippen LogP contribution is -2.38. The Labute approximate surface area is 343 Å². The van der Waals surface area contributed by atoms with Crippen molar-refractivity contribution in [3.63, 3.8) is 0 Å². The summed E-state index contributed by atoms with van der Waals surface area (Å²) in [5.74, 6) is -0.716. The molecule has 0 aromatic heterocycles. The van der Waals surface area contributed by atoms with Gasteiger partial charge in [-0.15, -0.1) is 0 Å². The van der Waals surface area contributed by atoms with Gasteiger partial charge in [0.1, 0.15) is 0 Å². The van der Waals surface area contributed by atoms with Gasteiger partial charge in [-0.2, -0.15) is 13.2 Å². The first-order valence-electron chi connectivity index (χ1n) is 20.0. The van der Waals surface area contributed by atoms with Gasteiger partial charge in [-0.05, 0) is 87.7 Å². The van der Waals surface area contributed by atoms with Crippen LogP contribution in [-0.2, 0) is 44.1 Å². The standard InChI is InChI=1S/C45H54F3NO10/c1-53-18-19-55-22-23-57-26-27-59-29-28-58-25-24-56-21-20-54-17-14-43(50)49-15-12-35(13-16-49)33-2-4-36(5-3-33)42-32-39(44(51)52)31-38-30-37(8-11-41(38)42)34-6-9-40(10-7-34)45(46,47)48/h2-11,30-32,35H,12-29H2,1H3,(H,51,52). The van der Waals surface area contributed by atoms with Crippen LogP contribution in [-0.4, -0.2) is 128 Å². The molecule has 11 nitrogen and oxygen atoms in total. The molecule has 1 aliphatic heterocycles. The van der Waals surface area contributed by atoms with Gasteiger partial charge >= 0.3 is 12.1 Å². The predicted molar refractivity (Wildman–Crippen MR) is 217 cm³/mol.